The summed E-state index contributed by atoms with van der Waals surface area (Å²) in [6, 6.07) is 20.3. The number of Topliss-reactive ketones (excluding diaryl/α,β-unsaturated/α-hetero) is 1. The zero-order valence-corrected chi connectivity index (χ0v) is 19.0. The highest BCUT2D eigenvalue weighted by atomic mass is 79.9. The fourth-order valence-electron chi connectivity index (χ4n) is 4.20. The maximum Gasteiger partial charge on any atom is 0.231 e. The number of rotatable bonds is 3. The summed E-state index contributed by atoms with van der Waals surface area (Å²) in [5.74, 6) is 1.68. The van der Waals surface area contributed by atoms with E-state index >= 15 is 0 Å². The summed E-state index contributed by atoms with van der Waals surface area (Å²) < 4.78 is 13.1. The lowest BCUT2D eigenvalue weighted by atomic mass is 9.99. The van der Waals surface area contributed by atoms with Gasteiger partial charge in [-0.15, -0.1) is 0 Å². The highest BCUT2D eigenvalue weighted by Gasteiger charge is 2.34. The normalized spacial score (nSPS) is 17.6. The summed E-state index contributed by atoms with van der Waals surface area (Å²) in [7, 11) is 0. The molecule has 0 aliphatic carbocycles. The molecule has 0 saturated heterocycles. The third-order valence-corrected chi connectivity index (χ3v) is 6.43. The van der Waals surface area contributed by atoms with Gasteiger partial charge < -0.3 is 9.47 Å². The van der Waals surface area contributed by atoms with Gasteiger partial charge in [-0.05, 0) is 49.2 Å². The van der Waals surface area contributed by atoms with Crippen molar-refractivity contribution >= 4 is 27.8 Å². The van der Waals surface area contributed by atoms with Crippen molar-refractivity contribution in [3.05, 3.63) is 98.7 Å². The first kappa shape index (κ1) is 20.0. The average molecular weight is 476 g/mol. The van der Waals surface area contributed by atoms with Gasteiger partial charge in [0.05, 0.1) is 5.56 Å². The molecule has 4 nitrogen and oxygen atoms in total. The zero-order valence-electron chi connectivity index (χ0n) is 17.4. The molecule has 0 radical (unpaired) electrons. The van der Waals surface area contributed by atoms with Crippen LogP contribution < -0.4 is 9.47 Å². The second-order valence-electron chi connectivity index (χ2n) is 7.97. The number of hydrogen-bond acceptors (Lipinski definition) is 4. The van der Waals surface area contributed by atoms with E-state index in [0.717, 1.165) is 33.5 Å². The van der Waals surface area contributed by atoms with E-state index in [0.29, 0.717) is 23.8 Å². The Morgan fingerprint density at radius 1 is 1.06 bits per heavy atom. The van der Waals surface area contributed by atoms with Crippen molar-refractivity contribution in [3.8, 4) is 11.5 Å². The molecular weight excluding hydrogens is 454 g/mol. The summed E-state index contributed by atoms with van der Waals surface area (Å²) in [5, 5.41) is 0. The van der Waals surface area contributed by atoms with Gasteiger partial charge in [0.15, 0.2) is 5.76 Å². The molecule has 156 valence electrons. The third kappa shape index (κ3) is 3.68. The fraction of sp³-hybridized carbons (Fsp3) is 0.192. The van der Waals surface area contributed by atoms with E-state index in [1.165, 1.54) is 5.56 Å². The molecule has 3 aromatic carbocycles. The smallest absolute Gasteiger partial charge is 0.231 e. The molecule has 1 atom stereocenters. The van der Waals surface area contributed by atoms with Crippen LogP contribution in [0.15, 0.2) is 70.9 Å². The average Bonchev–Trinajstić information content (AvgIpc) is 3.09. The number of allylic oxidation sites excluding steroid dienone is 1. The van der Waals surface area contributed by atoms with Crippen LogP contribution in [0, 0.1) is 6.92 Å². The number of halogens is 1. The maximum absolute atomic E-state index is 13.1. The largest absolute Gasteiger partial charge is 0.477 e. The fourth-order valence-corrected chi connectivity index (χ4v) is 4.62. The van der Waals surface area contributed by atoms with Crippen LogP contribution >= 0.6 is 15.9 Å². The highest BCUT2D eigenvalue weighted by Crippen LogP contribution is 2.44. The van der Waals surface area contributed by atoms with Crippen molar-refractivity contribution in [1.29, 1.82) is 0 Å². The second-order valence-corrected chi connectivity index (χ2v) is 8.88. The van der Waals surface area contributed by atoms with Gasteiger partial charge in [0, 0.05) is 28.2 Å². The quantitative estimate of drug-likeness (QED) is 0.417. The monoisotopic (exact) mass is 475 g/mol. The topological polar surface area (TPSA) is 38.8 Å². The van der Waals surface area contributed by atoms with Gasteiger partial charge in [0.1, 0.15) is 18.2 Å². The number of hydrogen-bond donors (Lipinski definition) is 0. The van der Waals surface area contributed by atoms with E-state index < -0.39 is 0 Å². The molecule has 1 unspecified atom stereocenters. The number of carbonyl (C=O) groups excluding carboxylic acids is 1. The van der Waals surface area contributed by atoms with E-state index in [1.807, 2.05) is 43.3 Å². The molecule has 0 fully saturated rings. The lowest BCUT2D eigenvalue weighted by Gasteiger charge is -2.34. The van der Waals surface area contributed by atoms with Crippen LogP contribution in [0.2, 0.25) is 0 Å². The molecule has 31 heavy (non-hydrogen) atoms. The minimum atomic E-state index is -0.0888. The first-order valence-electron chi connectivity index (χ1n) is 10.3. The summed E-state index contributed by atoms with van der Waals surface area (Å²) in [6.07, 6.45) is 1.79. The molecule has 2 aliphatic heterocycles. The summed E-state index contributed by atoms with van der Waals surface area (Å²) >= 11 is 3.47. The number of nitrogens with zero attached hydrogens (tertiary/aromatic N) is 1. The molecule has 2 aliphatic rings. The van der Waals surface area contributed by atoms with Crippen LogP contribution in [0.3, 0.4) is 0 Å². The van der Waals surface area contributed by atoms with E-state index in [1.54, 1.807) is 6.08 Å². The van der Waals surface area contributed by atoms with Crippen LogP contribution in [0.5, 0.6) is 11.5 Å². The SMILES string of the molecule is Cc1c2c(cc3c1O/C(=C\c1cccc(Br)c1)C3=O)CN(C(C)c1ccccc1)CO2. The number of carbonyl (C=O) groups is 1. The Kier molecular flexibility index (Phi) is 5.16. The number of ether oxygens (including phenoxy) is 2. The van der Waals surface area contributed by atoms with Crippen LogP contribution in [-0.4, -0.2) is 17.4 Å². The first-order valence-corrected chi connectivity index (χ1v) is 11.1. The molecule has 5 rings (SSSR count). The summed E-state index contributed by atoms with van der Waals surface area (Å²) in [4.78, 5) is 15.4. The third-order valence-electron chi connectivity index (χ3n) is 5.94. The Balaban J connectivity index is 1.45. The van der Waals surface area contributed by atoms with Crippen molar-refractivity contribution in [2.75, 3.05) is 6.73 Å². The Morgan fingerprint density at radius 3 is 2.65 bits per heavy atom. The van der Waals surface area contributed by atoms with Crippen LogP contribution in [0.25, 0.3) is 6.08 Å². The van der Waals surface area contributed by atoms with Gasteiger partial charge in [0.25, 0.3) is 0 Å². The van der Waals surface area contributed by atoms with Crippen molar-refractivity contribution in [1.82, 2.24) is 4.90 Å². The highest BCUT2D eigenvalue weighted by molar-refractivity contribution is 9.10. The zero-order chi connectivity index (χ0) is 21.5. The van der Waals surface area contributed by atoms with Crippen molar-refractivity contribution < 1.29 is 14.3 Å². The van der Waals surface area contributed by atoms with Gasteiger partial charge in [0.2, 0.25) is 5.78 Å². The second kappa shape index (κ2) is 7.98. The summed E-state index contributed by atoms with van der Waals surface area (Å²) in [5.41, 5.74) is 4.66. The number of fused-ring (bicyclic) bond motifs is 2. The van der Waals surface area contributed by atoms with E-state index in [-0.39, 0.29) is 11.8 Å². The molecule has 0 saturated carbocycles. The molecule has 5 heteroatoms. The molecule has 3 aromatic rings. The van der Waals surface area contributed by atoms with Gasteiger partial charge in [-0.3, -0.25) is 9.69 Å². The maximum atomic E-state index is 13.1. The molecule has 0 spiro atoms. The predicted molar refractivity (Wildman–Crippen MR) is 124 cm³/mol. The minimum absolute atomic E-state index is 0.0888. The lowest BCUT2D eigenvalue weighted by Crippen LogP contribution is -2.34. The van der Waals surface area contributed by atoms with Gasteiger partial charge in [-0.2, -0.15) is 0 Å². The van der Waals surface area contributed by atoms with Crippen LogP contribution in [0.1, 0.15) is 45.6 Å². The van der Waals surface area contributed by atoms with Crippen LogP contribution in [-0.2, 0) is 6.54 Å². The number of ketones is 1. The van der Waals surface area contributed by atoms with Crippen molar-refractivity contribution in [2.45, 2.75) is 26.4 Å². The Bertz CT molecular complexity index is 1200. The van der Waals surface area contributed by atoms with Gasteiger partial charge >= 0.3 is 0 Å². The molecule has 2 heterocycles. The van der Waals surface area contributed by atoms with Gasteiger partial charge in [-0.1, -0.05) is 58.4 Å². The lowest BCUT2D eigenvalue weighted by molar-refractivity contribution is 0.0609. The number of benzene rings is 3. The molecular formula is C26H22BrNO3. The minimum Gasteiger partial charge on any atom is -0.477 e. The molecule has 0 amide bonds. The van der Waals surface area contributed by atoms with Gasteiger partial charge in [-0.25, -0.2) is 0 Å². The van der Waals surface area contributed by atoms with Crippen molar-refractivity contribution in [3.63, 3.8) is 0 Å². The molecule has 0 N–H and O–H groups in total. The van der Waals surface area contributed by atoms with E-state index in [2.05, 4.69) is 52.0 Å². The van der Waals surface area contributed by atoms with Crippen LogP contribution in [0.4, 0.5) is 0 Å². The standard InChI is InChI=1S/C26H22BrNO3/c1-16-25-20(14-28(15-30-25)17(2)19-8-4-3-5-9-19)13-22-24(29)23(31-26(16)22)12-18-7-6-10-21(27)11-18/h3-13,17H,14-15H2,1-2H3/b23-12-. The Hall–Kier alpha value is -2.89. The molecule has 0 bridgehead atoms. The van der Waals surface area contributed by atoms with E-state index in [4.69, 9.17) is 9.47 Å². The summed E-state index contributed by atoms with van der Waals surface area (Å²) in [6.45, 7) is 5.36. The molecule has 0 aromatic heterocycles. The Morgan fingerprint density at radius 2 is 1.87 bits per heavy atom. The first-order chi connectivity index (χ1) is 15.0. The van der Waals surface area contributed by atoms with E-state index in [9.17, 15) is 4.79 Å². The van der Waals surface area contributed by atoms with Crippen molar-refractivity contribution in [2.24, 2.45) is 0 Å². The Labute approximate surface area is 190 Å². The predicted octanol–water partition coefficient (Wildman–Crippen LogP) is 6.29.